The summed E-state index contributed by atoms with van der Waals surface area (Å²) in [7, 11) is 0. The zero-order chi connectivity index (χ0) is 22.9. The van der Waals surface area contributed by atoms with Gasteiger partial charge in [0.2, 0.25) is 5.95 Å². The normalized spacial score (nSPS) is 25.1. The standard InChI is InChI=1S/C27H28N6O/c28-23-18-9-5-4-8-17(18)15-27(23)10-12-33(13-11-27)26-29-24-21(25(34)30-26)22(31-32-24)20-14-19(20)16-6-2-1-3-7-16/h1-9,19-20,23H,10-15,28H2,(H2,29,30,31,32,34)/t19-,20?,23-/m1/s1. The van der Waals surface area contributed by atoms with Crippen molar-refractivity contribution in [3.05, 3.63) is 87.3 Å². The smallest absolute Gasteiger partial charge is 0.263 e. The molecule has 0 radical (unpaired) electrons. The third kappa shape index (κ3) is 2.96. The van der Waals surface area contributed by atoms with Gasteiger partial charge in [0, 0.05) is 25.0 Å². The highest BCUT2D eigenvalue weighted by molar-refractivity contribution is 5.79. The number of H-pyrrole nitrogens is 2. The molecule has 1 saturated heterocycles. The Labute approximate surface area is 197 Å². The van der Waals surface area contributed by atoms with E-state index in [9.17, 15) is 4.79 Å². The van der Waals surface area contributed by atoms with Crippen LogP contribution in [0.3, 0.4) is 0 Å². The van der Waals surface area contributed by atoms with Crippen molar-refractivity contribution >= 4 is 17.0 Å². The first-order chi connectivity index (χ1) is 16.6. The van der Waals surface area contributed by atoms with Gasteiger partial charge in [0.15, 0.2) is 5.65 Å². The Morgan fingerprint density at radius 2 is 1.76 bits per heavy atom. The molecule has 34 heavy (non-hydrogen) atoms. The number of nitrogens with zero attached hydrogens (tertiary/aromatic N) is 3. The number of benzene rings is 2. The summed E-state index contributed by atoms with van der Waals surface area (Å²) in [6, 6.07) is 19.1. The maximum absolute atomic E-state index is 13.1. The number of anilines is 1. The zero-order valence-corrected chi connectivity index (χ0v) is 19.0. The highest BCUT2D eigenvalue weighted by Gasteiger charge is 2.46. The third-order valence-electron chi connectivity index (χ3n) is 8.47. The minimum absolute atomic E-state index is 0.0756. The molecular formula is C27H28N6O. The molecular weight excluding hydrogens is 424 g/mol. The number of aromatic amines is 2. The van der Waals surface area contributed by atoms with Gasteiger partial charge in [0.1, 0.15) is 5.39 Å². The van der Waals surface area contributed by atoms with Crippen molar-refractivity contribution < 1.29 is 0 Å². The van der Waals surface area contributed by atoms with E-state index in [4.69, 9.17) is 10.7 Å². The first-order valence-corrected chi connectivity index (χ1v) is 12.2. The quantitative estimate of drug-likeness (QED) is 0.439. The van der Waals surface area contributed by atoms with Gasteiger partial charge in [0.25, 0.3) is 5.56 Å². The van der Waals surface area contributed by atoms with E-state index in [1.807, 2.05) is 6.07 Å². The molecule has 2 aliphatic carbocycles. The summed E-state index contributed by atoms with van der Waals surface area (Å²) in [6.45, 7) is 1.66. The number of fused-ring (bicyclic) bond motifs is 2. The summed E-state index contributed by atoms with van der Waals surface area (Å²) >= 11 is 0. The zero-order valence-electron chi connectivity index (χ0n) is 19.0. The Morgan fingerprint density at radius 1 is 1.00 bits per heavy atom. The predicted octanol–water partition coefficient (Wildman–Crippen LogP) is 3.76. The van der Waals surface area contributed by atoms with Crippen LogP contribution in [0.1, 0.15) is 59.5 Å². The molecule has 4 aromatic rings. The Kier molecular flexibility index (Phi) is 4.27. The fourth-order valence-corrected chi connectivity index (χ4v) is 6.40. The lowest BCUT2D eigenvalue weighted by Crippen LogP contribution is -2.45. The van der Waals surface area contributed by atoms with E-state index in [1.54, 1.807) is 0 Å². The van der Waals surface area contributed by atoms with Crippen LogP contribution in [0, 0.1) is 5.41 Å². The Bertz CT molecular complexity index is 1430. The molecule has 7 rings (SSSR count). The summed E-state index contributed by atoms with van der Waals surface area (Å²) in [5.41, 5.74) is 12.1. The molecule has 0 amide bonds. The molecule has 2 aromatic carbocycles. The van der Waals surface area contributed by atoms with E-state index in [0.29, 0.717) is 22.9 Å². The second-order valence-electron chi connectivity index (χ2n) is 10.3. The lowest BCUT2D eigenvalue weighted by Gasteiger charge is -2.42. The fourth-order valence-electron chi connectivity index (χ4n) is 6.40. The first-order valence-electron chi connectivity index (χ1n) is 12.2. The first kappa shape index (κ1) is 20.0. The van der Waals surface area contributed by atoms with Crippen molar-refractivity contribution in [2.45, 2.75) is 43.6 Å². The molecule has 1 saturated carbocycles. The Balaban J connectivity index is 1.12. The second-order valence-corrected chi connectivity index (χ2v) is 10.3. The van der Waals surface area contributed by atoms with Crippen LogP contribution in [0.4, 0.5) is 5.95 Å². The minimum atomic E-state index is -0.104. The molecule has 1 spiro atoms. The molecule has 3 atom stereocenters. The van der Waals surface area contributed by atoms with E-state index in [-0.39, 0.29) is 22.9 Å². The number of piperidine rings is 1. The number of rotatable bonds is 3. The maximum atomic E-state index is 13.1. The second kappa shape index (κ2) is 7.27. The summed E-state index contributed by atoms with van der Waals surface area (Å²) in [6.07, 6.45) is 4.02. The van der Waals surface area contributed by atoms with Crippen LogP contribution in [-0.4, -0.2) is 33.3 Å². The monoisotopic (exact) mass is 452 g/mol. The van der Waals surface area contributed by atoms with Gasteiger partial charge in [-0.1, -0.05) is 54.6 Å². The van der Waals surface area contributed by atoms with Crippen LogP contribution in [-0.2, 0) is 6.42 Å². The molecule has 1 unspecified atom stereocenters. The highest BCUT2D eigenvalue weighted by Crippen LogP contribution is 2.55. The number of nitrogens with one attached hydrogen (secondary N) is 2. The molecule has 3 aliphatic rings. The average Bonchev–Trinajstić information content (AvgIpc) is 3.47. The molecule has 0 bridgehead atoms. The maximum Gasteiger partial charge on any atom is 0.263 e. The predicted molar refractivity (Wildman–Crippen MR) is 132 cm³/mol. The van der Waals surface area contributed by atoms with Crippen LogP contribution in [0.25, 0.3) is 11.0 Å². The number of hydrogen-bond donors (Lipinski definition) is 3. The highest BCUT2D eigenvalue weighted by atomic mass is 16.1. The minimum Gasteiger partial charge on any atom is -0.342 e. The van der Waals surface area contributed by atoms with Crippen molar-refractivity contribution in [3.8, 4) is 0 Å². The van der Waals surface area contributed by atoms with Crippen LogP contribution in [0.15, 0.2) is 59.4 Å². The van der Waals surface area contributed by atoms with E-state index in [1.165, 1.54) is 16.7 Å². The molecule has 2 fully saturated rings. The number of nitrogens with two attached hydrogens (primary N) is 1. The van der Waals surface area contributed by atoms with Crippen molar-refractivity contribution in [2.24, 2.45) is 11.1 Å². The van der Waals surface area contributed by atoms with Gasteiger partial charge in [-0.2, -0.15) is 10.1 Å². The Hall–Kier alpha value is -3.45. The molecule has 1 aliphatic heterocycles. The van der Waals surface area contributed by atoms with Crippen molar-refractivity contribution in [1.29, 1.82) is 0 Å². The molecule has 4 N–H and O–H groups in total. The third-order valence-corrected chi connectivity index (χ3v) is 8.47. The largest absolute Gasteiger partial charge is 0.342 e. The van der Waals surface area contributed by atoms with Crippen LogP contribution in [0.2, 0.25) is 0 Å². The summed E-state index contributed by atoms with van der Waals surface area (Å²) in [5.74, 6) is 1.32. The van der Waals surface area contributed by atoms with Gasteiger partial charge in [0.05, 0.1) is 5.69 Å². The van der Waals surface area contributed by atoms with Gasteiger partial charge in [-0.25, -0.2) is 0 Å². The number of hydrogen-bond acceptors (Lipinski definition) is 5. The van der Waals surface area contributed by atoms with Crippen molar-refractivity contribution in [2.75, 3.05) is 18.0 Å². The SMILES string of the molecule is N[C@@H]1c2ccccc2CC12CCN(c1nc3[nH]nc(C4C[C@@H]4c4ccccc4)c3c(=O)[nH]1)CC2. The molecule has 7 heteroatoms. The lowest BCUT2D eigenvalue weighted by atomic mass is 9.73. The summed E-state index contributed by atoms with van der Waals surface area (Å²) < 4.78 is 0. The van der Waals surface area contributed by atoms with Crippen LogP contribution in [0.5, 0.6) is 0 Å². The van der Waals surface area contributed by atoms with Crippen LogP contribution >= 0.6 is 0 Å². The molecule has 3 heterocycles. The van der Waals surface area contributed by atoms with E-state index in [0.717, 1.165) is 44.5 Å². The lowest BCUT2D eigenvalue weighted by molar-refractivity contribution is 0.187. The summed E-state index contributed by atoms with van der Waals surface area (Å²) in [5, 5.41) is 8.18. The molecule has 2 aromatic heterocycles. The molecule has 172 valence electrons. The Morgan fingerprint density at radius 3 is 2.56 bits per heavy atom. The topological polar surface area (TPSA) is 104 Å². The van der Waals surface area contributed by atoms with E-state index < -0.39 is 0 Å². The summed E-state index contributed by atoms with van der Waals surface area (Å²) in [4.78, 5) is 23.2. The van der Waals surface area contributed by atoms with Gasteiger partial charge in [-0.3, -0.25) is 14.9 Å². The molecule has 7 nitrogen and oxygen atoms in total. The van der Waals surface area contributed by atoms with Gasteiger partial charge < -0.3 is 10.6 Å². The van der Waals surface area contributed by atoms with Gasteiger partial charge in [-0.15, -0.1) is 0 Å². The fraction of sp³-hybridized carbons (Fsp3) is 0.370. The average molecular weight is 453 g/mol. The van der Waals surface area contributed by atoms with Crippen LogP contribution < -0.4 is 16.2 Å². The van der Waals surface area contributed by atoms with E-state index >= 15 is 0 Å². The van der Waals surface area contributed by atoms with Gasteiger partial charge in [-0.05, 0) is 53.7 Å². The van der Waals surface area contributed by atoms with Crippen molar-refractivity contribution in [1.82, 2.24) is 20.2 Å². The van der Waals surface area contributed by atoms with Gasteiger partial charge >= 0.3 is 0 Å². The van der Waals surface area contributed by atoms with E-state index in [2.05, 4.69) is 68.6 Å². The van der Waals surface area contributed by atoms with Crippen molar-refractivity contribution in [3.63, 3.8) is 0 Å². The number of aromatic nitrogens is 4.